The van der Waals surface area contributed by atoms with Crippen LogP contribution in [-0.4, -0.2) is 63.9 Å². The zero-order valence-corrected chi connectivity index (χ0v) is 17.9. The summed E-state index contributed by atoms with van der Waals surface area (Å²) in [5.74, 6) is 2.51. The molecule has 0 spiro atoms. The van der Waals surface area contributed by atoms with Crippen LogP contribution in [0.4, 0.5) is 5.82 Å². The molecule has 1 fully saturated rings. The van der Waals surface area contributed by atoms with Crippen LogP contribution in [0.3, 0.4) is 0 Å². The van der Waals surface area contributed by atoms with E-state index in [4.69, 9.17) is 9.84 Å². The molecule has 4 aromatic rings. The summed E-state index contributed by atoms with van der Waals surface area (Å²) in [6.07, 6.45) is 0.398. The minimum Gasteiger partial charge on any atom is -0.497 e. The lowest BCUT2D eigenvalue weighted by Gasteiger charge is -2.35. The average Bonchev–Trinajstić information content (AvgIpc) is 3.28. The highest BCUT2D eigenvalue weighted by atomic mass is 16.5. The highest BCUT2D eigenvalue weighted by molar-refractivity contribution is 5.79. The van der Waals surface area contributed by atoms with E-state index in [1.165, 1.54) is 0 Å². The van der Waals surface area contributed by atoms with Crippen molar-refractivity contribution in [2.45, 2.75) is 6.42 Å². The van der Waals surface area contributed by atoms with Gasteiger partial charge in [-0.2, -0.15) is 4.52 Å². The molecule has 1 aliphatic rings. The number of anilines is 1. The van der Waals surface area contributed by atoms with Gasteiger partial charge in [0.1, 0.15) is 11.6 Å². The smallest absolute Gasteiger partial charge is 0.227 e. The molecule has 2 aromatic carbocycles. The summed E-state index contributed by atoms with van der Waals surface area (Å²) >= 11 is 0. The van der Waals surface area contributed by atoms with E-state index in [2.05, 4.69) is 15.1 Å². The number of carbonyl (C=O) groups excluding carboxylic acids is 1. The Balaban J connectivity index is 1.26. The summed E-state index contributed by atoms with van der Waals surface area (Å²) in [5, 5.41) is 13.3. The summed E-state index contributed by atoms with van der Waals surface area (Å²) in [6, 6.07) is 21.5. The normalized spacial score (nSPS) is 14.0. The van der Waals surface area contributed by atoms with Crippen LogP contribution in [0.25, 0.3) is 17.0 Å². The molecule has 0 radical (unpaired) electrons. The Morgan fingerprint density at radius 2 is 1.66 bits per heavy atom. The molecule has 0 unspecified atom stereocenters. The van der Waals surface area contributed by atoms with Gasteiger partial charge in [0.2, 0.25) is 5.91 Å². The maximum atomic E-state index is 12.7. The molecule has 0 atom stereocenters. The average molecular weight is 428 g/mol. The Labute approximate surface area is 186 Å². The zero-order chi connectivity index (χ0) is 21.9. The number of carbonyl (C=O) groups is 1. The Morgan fingerprint density at radius 1 is 0.906 bits per heavy atom. The predicted octanol–water partition coefficient (Wildman–Crippen LogP) is 2.69. The van der Waals surface area contributed by atoms with Crippen LogP contribution in [0.5, 0.6) is 5.75 Å². The summed E-state index contributed by atoms with van der Waals surface area (Å²) in [6.45, 7) is 2.80. The molecule has 1 saturated heterocycles. The van der Waals surface area contributed by atoms with Gasteiger partial charge in [-0.3, -0.25) is 4.79 Å². The zero-order valence-electron chi connectivity index (χ0n) is 17.9. The van der Waals surface area contributed by atoms with Gasteiger partial charge in [-0.15, -0.1) is 15.3 Å². The van der Waals surface area contributed by atoms with Gasteiger partial charge in [0.05, 0.1) is 13.5 Å². The summed E-state index contributed by atoms with van der Waals surface area (Å²) in [4.78, 5) is 16.9. The van der Waals surface area contributed by atoms with E-state index in [9.17, 15) is 4.79 Å². The quantitative estimate of drug-likeness (QED) is 0.487. The third-order valence-corrected chi connectivity index (χ3v) is 5.75. The fourth-order valence-corrected chi connectivity index (χ4v) is 3.93. The van der Waals surface area contributed by atoms with Crippen LogP contribution >= 0.6 is 0 Å². The third kappa shape index (κ3) is 3.99. The molecule has 1 amide bonds. The molecule has 162 valence electrons. The van der Waals surface area contributed by atoms with E-state index < -0.39 is 0 Å². The van der Waals surface area contributed by atoms with E-state index >= 15 is 0 Å². The molecular formula is C24H24N6O2. The highest BCUT2D eigenvalue weighted by Gasteiger charge is 2.23. The number of amides is 1. The first-order chi connectivity index (χ1) is 15.7. The number of rotatable bonds is 5. The number of piperazine rings is 1. The first-order valence-electron chi connectivity index (χ1n) is 10.6. The Hall–Kier alpha value is -3.94. The SMILES string of the molecule is COc1ccc(CC(=O)N2CCN(c3ccc4nnc(-c5ccccc5)n4n3)CC2)cc1. The van der Waals surface area contributed by atoms with Gasteiger partial charge in [-0.1, -0.05) is 42.5 Å². The van der Waals surface area contributed by atoms with E-state index in [0.29, 0.717) is 25.2 Å². The van der Waals surface area contributed by atoms with Crippen LogP contribution in [0, 0.1) is 0 Å². The van der Waals surface area contributed by atoms with Crippen molar-refractivity contribution < 1.29 is 9.53 Å². The van der Waals surface area contributed by atoms with Gasteiger partial charge in [0.15, 0.2) is 11.5 Å². The van der Waals surface area contributed by atoms with Crippen molar-refractivity contribution in [1.29, 1.82) is 0 Å². The van der Waals surface area contributed by atoms with Crippen molar-refractivity contribution in [3.8, 4) is 17.1 Å². The van der Waals surface area contributed by atoms with E-state index in [0.717, 1.165) is 41.6 Å². The lowest BCUT2D eigenvalue weighted by molar-refractivity contribution is -0.130. The first kappa shape index (κ1) is 20.0. The van der Waals surface area contributed by atoms with Crippen molar-refractivity contribution >= 4 is 17.4 Å². The monoisotopic (exact) mass is 428 g/mol. The van der Waals surface area contributed by atoms with E-state index in [1.807, 2.05) is 71.6 Å². The number of hydrogen-bond donors (Lipinski definition) is 0. The lowest BCUT2D eigenvalue weighted by Crippen LogP contribution is -2.49. The molecule has 8 heteroatoms. The van der Waals surface area contributed by atoms with Crippen LogP contribution in [0.1, 0.15) is 5.56 Å². The van der Waals surface area contributed by atoms with Gasteiger partial charge in [0, 0.05) is 31.7 Å². The summed E-state index contributed by atoms with van der Waals surface area (Å²) in [7, 11) is 1.64. The molecule has 2 aromatic heterocycles. The molecule has 5 rings (SSSR count). The topological polar surface area (TPSA) is 75.9 Å². The van der Waals surface area contributed by atoms with Crippen molar-refractivity contribution in [1.82, 2.24) is 24.7 Å². The third-order valence-electron chi connectivity index (χ3n) is 5.75. The lowest BCUT2D eigenvalue weighted by atomic mass is 10.1. The first-order valence-corrected chi connectivity index (χ1v) is 10.6. The second-order valence-electron chi connectivity index (χ2n) is 7.74. The molecule has 0 saturated carbocycles. The number of ether oxygens (including phenoxy) is 1. The van der Waals surface area contributed by atoms with Crippen molar-refractivity contribution in [3.05, 3.63) is 72.3 Å². The predicted molar refractivity (Wildman–Crippen MR) is 122 cm³/mol. The molecule has 32 heavy (non-hydrogen) atoms. The molecule has 0 aliphatic carbocycles. The maximum absolute atomic E-state index is 12.7. The fraction of sp³-hybridized carbons (Fsp3) is 0.250. The second kappa shape index (κ2) is 8.66. The number of methoxy groups -OCH3 is 1. The van der Waals surface area contributed by atoms with Crippen LogP contribution < -0.4 is 9.64 Å². The number of benzene rings is 2. The van der Waals surface area contributed by atoms with E-state index in [-0.39, 0.29) is 5.91 Å². The van der Waals surface area contributed by atoms with Crippen LogP contribution in [0.2, 0.25) is 0 Å². The molecule has 0 N–H and O–H groups in total. The summed E-state index contributed by atoms with van der Waals surface area (Å²) in [5.41, 5.74) is 2.67. The van der Waals surface area contributed by atoms with E-state index in [1.54, 1.807) is 11.6 Å². The van der Waals surface area contributed by atoms with Crippen molar-refractivity contribution in [2.75, 3.05) is 38.2 Å². The van der Waals surface area contributed by atoms with Gasteiger partial charge in [-0.05, 0) is 29.8 Å². The van der Waals surface area contributed by atoms with Crippen LogP contribution in [-0.2, 0) is 11.2 Å². The molecule has 0 bridgehead atoms. The molecule has 3 heterocycles. The summed E-state index contributed by atoms with van der Waals surface area (Å²) < 4.78 is 6.97. The van der Waals surface area contributed by atoms with Crippen molar-refractivity contribution in [3.63, 3.8) is 0 Å². The second-order valence-corrected chi connectivity index (χ2v) is 7.74. The molecule has 1 aliphatic heterocycles. The van der Waals surface area contributed by atoms with Gasteiger partial charge in [0.25, 0.3) is 0 Å². The maximum Gasteiger partial charge on any atom is 0.227 e. The number of fused-ring (bicyclic) bond motifs is 1. The van der Waals surface area contributed by atoms with Gasteiger partial charge >= 0.3 is 0 Å². The number of nitrogens with zero attached hydrogens (tertiary/aromatic N) is 6. The van der Waals surface area contributed by atoms with Gasteiger partial charge < -0.3 is 14.5 Å². The molecular weight excluding hydrogens is 404 g/mol. The number of aromatic nitrogens is 4. The fourth-order valence-electron chi connectivity index (χ4n) is 3.93. The van der Waals surface area contributed by atoms with Crippen molar-refractivity contribution in [2.24, 2.45) is 0 Å². The largest absolute Gasteiger partial charge is 0.497 e. The van der Waals surface area contributed by atoms with Gasteiger partial charge in [-0.25, -0.2) is 0 Å². The van der Waals surface area contributed by atoms with Crippen LogP contribution in [0.15, 0.2) is 66.7 Å². The Morgan fingerprint density at radius 3 is 2.38 bits per heavy atom. The Bertz CT molecular complexity index is 1210. The number of hydrogen-bond acceptors (Lipinski definition) is 6. The minimum atomic E-state index is 0.142. The standard InChI is InChI=1S/C24H24N6O2/c1-32-20-9-7-18(8-10-20)17-23(31)29-15-13-28(14-16-29)22-12-11-21-25-26-24(30(21)27-22)19-5-3-2-4-6-19/h2-12H,13-17H2,1H3. The molecule has 8 nitrogen and oxygen atoms in total. The Kier molecular flexibility index (Phi) is 5.41. The minimum absolute atomic E-state index is 0.142. The highest BCUT2D eigenvalue weighted by Crippen LogP contribution is 2.20.